The summed E-state index contributed by atoms with van der Waals surface area (Å²) in [6, 6.07) is 8.58. The van der Waals surface area contributed by atoms with Crippen LogP contribution in [-0.2, 0) is 11.2 Å². The van der Waals surface area contributed by atoms with E-state index in [4.69, 9.17) is 34.8 Å². The first-order valence-corrected chi connectivity index (χ1v) is 7.43. The van der Waals surface area contributed by atoms with Crippen molar-refractivity contribution in [2.75, 3.05) is 0 Å². The zero-order valence-electron chi connectivity index (χ0n) is 11.1. The fourth-order valence-electron chi connectivity index (χ4n) is 2.27. The fraction of sp³-hybridized carbons (Fsp3) is 0.0667. The number of fused-ring (bicyclic) bond motifs is 1. The molecule has 0 saturated heterocycles. The quantitative estimate of drug-likeness (QED) is 0.747. The van der Waals surface area contributed by atoms with E-state index < -0.39 is 5.97 Å². The number of carboxylic acids is 1. The standard InChI is InChI=1S/C15H9Cl3N2O2/c16-9-3-1-8(2-4-9)14-12(6-13(21)22)20-7-10(17)5-11(18)15(20)19-14/h1-5,7H,6H2,(H,21,22). The molecule has 3 aromatic rings. The van der Waals surface area contributed by atoms with E-state index >= 15 is 0 Å². The predicted octanol–water partition coefficient (Wildman–Crippen LogP) is 4.59. The topological polar surface area (TPSA) is 54.6 Å². The third-order valence-electron chi connectivity index (χ3n) is 3.18. The Bertz CT molecular complexity index is 873. The minimum atomic E-state index is -0.965. The number of carbonyl (C=O) groups is 1. The Balaban J connectivity index is 2.30. The number of aromatic nitrogens is 2. The summed E-state index contributed by atoms with van der Waals surface area (Å²) >= 11 is 18.1. The van der Waals surface area contributed by atoms with Crippen LogP contribution in [0.3, 0.4) is 0 Å². The Labute approximate surface area is 140 Å². The molecule has 1 aromatic carbocycles. The second-order valence-corrected chi connectivity index (χ2v) is 5.96. The highest BCUT2D eigenvalue weighted by molar-refractivity contribution is 6.36. The number of aliphatic carboxylic acids is 1. The summed E-state index contributed by atoms with van der Waals surface area (Å²) in [6.07, 6.45) is 1.41. The van der Waals surface area contributed by atoms with Crippen LogP contribution in [0.15, 0.2) is 36.5 Å². The molecule has 0 amide bonds. The van der Waals surface area contributed by atoms with Gasteiger partial charge in [0, 0.05) is 16.8 Å². The van der Waals surface area contributed by atoms with Crippen LogP contribution >= 0.6 is 34.8 Å². The number of hydrogen-bond donors (Lipinski definition) is 1. The van der Waals surface area contributed by atoms with Crippen LogP contribution in [-0.4, -0.2) is 20.5 Å². The number of carboxylic acid groups (broad SMARTS) is 1. The lowest BCUT2D eigenvalue weighted by molar-refractivity contribution is -0.136. The molecule has 0 fully saturated rings. The third kappa shape index (κ3) is 2.77. The molecule has 2 aromatic heterocycles. The van der Waals surface area contributed by atoms with Crippen molar-refractivity contribution in [3.05, 3.63) is 57.3 Å². The summed E-state index contributed by atoms with van der Waals surface area (Å²) < 4.78 is 1.61. The van der Waals surface area contributed by atoms with Crippen molar-refractivity contribution < 1.29 is 9.90 Å². The monoisotopic (exact) mass is 354 g/mol. The second-order valence-electron chi connectivity index (χ2n) is 4.68. The maximum atomic E-state index is 11.2. The Hall–Kier alpha value is -1.75. The van der Waals surface area contributed by atoms with Crippen molar-refractivity contribution in [3.8, 4) is 11.3 Å². The van der Waals surface area contributed by atoms with Crippen molar-refractivity contribution in [2.24, 2.45) is 0 Å². The lowest BCUT2D eigenvalue weighted by Crippen LogP contribution is -2.04. The van der Waals surface area contributed by atoms with Crippen molar-refractivity contribution >= 4 is 46.4 Å². The van der Waals surface area contributed by atoms with Crippen molar-refractivity contribution in [1.82, 2.24) is 9.38 Å². The number of benzene rings is 1. The van der Waals surface area contributed by atoms with E-state index in [1.54, 1.807) is 40.9 Å². The highest BCUT2D eigenvalue weighted by Gasteiger charge is 2.18. The summed E-state index contributed by atoms with van der Waals surface area (Å²) in [5.41, 5.74) is 2.28. The van der Waals surface area contributed by atoms with E-state index in [1.807, 2.05) is 0 Å². The molecule has 0 spiro atoms. The van der Waals surface area contributed by atoms with E-state index in [1.165, 1.54) is 0 Å². The molecule has 0 bridgehead atoms. The van der Waals surface area contributed by atoms with Crippen LogP contribution < -0.4 is 0 Å². The molecule has 7 heteroatoms. The Morgan fingerprint density at radius 1 is 1.14 bits per heavy atom. The van der Waals surface area contributed by atoms with E-state index in [-0.39, 0.29) is 6.42 Å². The van der Waals surface area contributed by atoms with Crippen LogP contribution in [0.25, 0.3) is 16.9 Å². The Kier molecular flexibility index (Phi) is 4.00. The lowest BCUT2D eigenvalue weighted by atomic mass is 10.1. The molecule has 22 heavy (non-hydrogen) atoms. The lowest BCUT2D eigenvalue weighted by Gasteiger charge is -2.04. The van der Waals surface area contributed by atoms with E-state index in [2.05, 4.69) is 4.98 Å². The van der Waals surface area contributed by atoms with Crippen LogP contribution in [0.4, 0.5) is 0 Å². The van der Waals surface area contributed by atoms with E-state index in [9.17, 15) is 9.90 Å². The van der Waals surface area contributed by atoms with Gasteiger partial charge in [0.05, 0.1) is 27.9 Å². The maximum Gasteiger partial charge on any atom is 0.309 e. The summed E-state index contributed by atoms with van der Waals surface area (Å²) in [5.74, 6) is -0.965. The van der Waals surface area contributed by atoms with Crippen molar-refractivity contribution in [3.63, 3.8) is 0 Å². The molecule has 112 valence electrons. The normalized spacial score (nSPS) is 11.0. The molecule has 0 saturated carbocycles. The Morgan fingerprint density at radius 3 is 2.45 bits per heavy atom. The molecule has 0 aliphatic heterocycles. The van der Waals surface area contributed by atoms with Gasteiger partial charge in [0.15, 0.2) is 5.65 Å². The first kappa shape index (κ1) is 15.2. The SMILES string of the molecule is O=C(O)Cc1c(-c2ccc(Cl)cc2)nc2c(Cl)cc(Cl)cn12. The molecule has 0 atom stereocenters. The average Bonchev–Trinajstić information content (AvgIpc) is 2.78. The molecule has 3 rings (SSSR count). The number of halogens is 3. The first-order valence-electron chi connectivity index (χ1n) is 6.29. The summed E-state index contributed by atoms with van der Waals surface area (Å²) in [4.78, 5) is 15.7. The molecule has 1 N–H and O–H groups in total. The molecule has 2 heterocycles. The number of nitrogens with zero attached hydrogens (tertiary/aromatic N) is 2. The number of imidazole rings is 1. The summed E-state index contributed by atoms with van der Waals surface area (Å²) in [5, 5.41) is 10.5. The van der Waals surface area contributed by atoms with Gasteiger partial charge in [-0.05, 0) is 18.2 Å². The maximum absolute atomic E-state index is 11.2. The van der Waals surface area contributed by atoms with Gasteiger partial charge in [-0.3, -0.25) is 4.79 Å². The van der Waals surface area contributed by atoms with E-state index in [0.717, 1.165) is 5.56 Å². The molecule has 0 unspecified atom stereocenters. The van der Waals surface area contributed by atoms with Gasteiger partial charge in [-0.1, -0.05) is 46.9 Å². The van der Waals surface area contributed by atoms with Gasteiger partial charge in [-0.25, -0.2) is 4.98 Å². The Morgan fingerprint density at radius 2 is 1.82 bits per heavy atom. The summed E-state index contributed by atoms with van der Waals surface area (Å²) in [7, 11) is 0. The van der Waals surface area contributed by atoms with Gasteiger partial charge in [0.2, 0.25) is 0 Å². The largest absolute Gasteiger partial charge is 0.481 e. The van der Waals surface area contributed by atoms with Gasteiger partial charge in [-0.2, -0.15) is 0 Å². The van der Waals surface area contributed by atoms with Crippen molar-refractivity contribution in [2.45, 2.75) is 6.42 Å². The van der Waals surface area contributed by atoms with Gasteiger partial charge in [0.25, 0.3) is 0 Å². The third-order valence-corrected chi connectivity index (χ3v) is 3.91. The van der Waals surface area contributed by atoms with Crippen LogP contribution in [0, 0.1) is 0 Å². The van der Waals surface area contributed by atoms with Gasteiger partial charge >= 0.3 is 5.97 Å². The molecular weight excluding hydrogens is 347 g/mol. The highest BCUT2D eigenvalue weighted by atomic mass is 35.5. The number of hydrogen-bond acceptors (Lipinski definition) is 2. The van der Waals surface area contributed by atoms with Gasteiger partial charge in [0.1, 0.15) is 0 Å². The predicted molar refractivity (Wildman–Crippen MR) is 87.0 cm³/mol. The fourth-order valence-corrected chi connectivity index (χ4v) is 2.91. The van der Waals surface area contributed by atoms with E-state index in [0.29, 0.717) is 32.1 Å². The van der Waals surface area contributed by atoms with Crippen LogP contribution in [0.2, 0.25) is 15.1 Å². The minimum absolute atomic E-state index is 0.199. The highest BCUT2D eigenvalue weighted by Crippen LogP contribution is 2.30. The molecule has 0 aliphatic carbocycles. The average molecular weight is 356 g/mol. The van der Waals surface area contributed by atoms with Crippen molar-refractivity contribution in [1.29, 1.82) is 0 Å². The zero-order chi connectivity index (χ0) is 15.9. The molecule has 4 nitrogen and oxygen atoms in total. The van der Waals surface area contributed by atoms with Crippen LogP contribution in [0.5, 0.6) is 0 Å². The number of rotatable bonds is 3. The van der Waals surface area contributed by atoms with Gasteiger partial charge in [-0.15, -0.1) is 0 Å². The minimum Gasteiger partial charge on any atom is -0.481 e. The second kappa shape index (κ2) is 5.80. The van der Waals surface area contributed by atoms with Gasteiger partial charge < -0.3 is 9.51 Å². The first-order chi connectivity index (χ1) is 10.5. The molecule has 0 aliphatic rings. The molecular formula is C15H9Cl3N2O2. The zero-order valence-corrected chi connectivity index (χ0v) is 13.3. The number of pyridine rings is 1. The van der Waals surface area contributed by atoms with Crippen LogP contribution in [0.1, 0.15) is 5.69 Å². The summed E-state index contributed by atoms with van der Waals surface area (Å²) in [6.45, 7) is 0. The smallest absolute Gasteiger partial charge is 0.309 e. The molecule has 0 radical (unpaired) electrons.